The van der Waals surface area contributed by atoms with Gasteiger partial charge in [0.25, 0.3) is 5.91 Å². The summed E-state index contributed by atoms with van der Waals surface area (Å²) in [5, 5.41) is 8.59. The molecule has 0 radical (unpaired) electrons. The summed E-state index contributed by atoms with van der Waals surface area (Å²) < 4.78 is 14.0. The Balaban J connectivity index is 2.18. The maximum absolute atomic E-state index is 13.4. The van der Waals surface area contributed by atoms with Crippen molar-refractivity contribution in [2.75, 3.05) is 5.32 Å². The van der Waals surface area contributed by atoms with Crippen LogP contribution in [0.5, 0.6) is 0 Å². The zero-order chi connectivity index (χ0) is 11.5. The first-order chi connectivity index (χ1) is 7.66. The van der Waals surface area contributed by atoms with E-state index >= 15 is 0 Å². The van der Waals surface area contributed by atoms with Gasteiger partial charge in [0.2, 0.25) is 0 Å². The summed E-state index contributed by atoms with van der Waals surface area (Å²) in [6.45, 7) is 0. The number of anilines is 1. The number of halogens is 2. The molecule has 16 heavy (non-hydrogen) atoms. The van der Waals surface area contributed by atoms with Gasteiger partial charge in [-0.2, -0.15) is 5.10 Å². The van der Waals surface area contributed by atoms with Crippen molar-refractivity contribution < 1.29 is 9.18 Å². The lowest BCUT2D eigenvalue weighted by Crippen LogP contribution is -2.12. The van der Waals surface area contributed by atoms with Crippen LogP contribution in [0, 0.1) is 5.82 Å². The largest absolute Gasteiger partial charge is 0.319 e. The van der Waals surface area contributed by atoms with Gasteiger partial charge < -0.3 is 5.32 Å². The van der Waals surface area contributed by atoms with Crippen LogP contribution in [0.1, 0.15) is 10.4 Å². The maximum atomic E-state index is 13.4. The first-order valence-corrected chi connectivity index (χ1v) is 5.21. The normalized spacial score (nSPS) is 10.1. The van der Waals surface area contributed by atoms with Gasteiger partial charge in [0.05, 0.1) is 17.4 Å². The molecule has 4 nitrogen and oxygen atoms in total. The molecule has 0 atom stereocenters. The number of hydrogen-bond acceptors (Lipinski definition) is 2. The zero-order valence-electron chi connectivity index (χ0n) is 8.00. The lowest BCUT2D eigenvalue weighted by Gasteiger charge is -2.04. The minimum atomic E-state index is -0.494. The van der Waals surface area contributed by atoms with Crippen LogP contribution in [0.4, 0.5) is 10.1 Å². The molecule has 6 heteroatoms. The fraction of sp³-hybridized carbons (Fsp3) is 0. The van der Waals surface area contributed by atoms with Crippen molar-refractivity contribution in [1.29, 1.82) is 0 Å². The van der Waals surface area contributed by atoms with Gasteiger partial charge in [-0.05, 0) is 18.2 Å². The second-order valence-electron chi connectivity index (χ2n) is 3.07. The molecule has 0 fully saturated rings. The Kier molecular flexibility index (Phi) is 3.00. The van der Waals surface area contributed by atoms with Gasteiger partial charge in [-0.25, -0.2) is 4.39 Å². The molecule has 82 valence electrons. The highest BCUT2D eigenvalue weighted by Gasteiger charge is 2.09. The molecule has 1 aromatic carbocycles. The SMILES string of the molecule is O=C(Nc1ccc(Br)cc1F)c1cn[nH]c1. The molecule has 2 rings (SSSR count). The number of nitrogens with one attached hydrogen (secondary N) is 2. The van der Waals surface area contributed by atoms with Crippen LogP contribution >= 0.6 is 15.9 Å². The molecule has 1 amide bonds. The predicted octanol–water partition coefficient (Wildman–Crippen LogP) is 2.56. The minimum absolute atomic E-state index is 0.134. The first kappa shape index (κ1) is 10.8. The number of carbonyl (C=O) groups excluding carboxylic acids is 1. The summed E-state index contributed by atoms with van der Waals surface area (Å²) in [5.74, 6) is -0.902. The van der Waals surface area contributed by atoms with Crippen molar-refractivity contribution in [2.24, 2.45) is 0 Å². The zero-order valence-corrected chi connectivity index (χ0v) is 9.58. The Bertz CT molecular complexity index is 513. The summed E-state index contributed by atoms with van der Waals surface area (Å²) in [4.78, 5) is 11.6. The number of aromatic nitrogens is 2. The summed E-state index contributed by atoms with van der Waals surface area (Å²) in [6, 6.07) is 4.41. The van der Waals surface area contributed by atoms with Crippen LogP contribution in [0.15, 0.2) is 35.1 Å². The number of benzene rings is 1. The highest BCUT2D eigenvalue weighted by atomic mass is 79.9. The van der Waals surface area contributed by atoms with Gasteiger partial charge in [0, 0.05) is 10.7 Å². The third-order valence-corrected chi connectivity index (χ3v) is 2.43. The molecular formula is C10H7BrFN3O. The number of nitrogens with zero attached hydrogens (tertiary/aromatic N) is 1. The molecule has 0 aliphatic heterocycles. The highest BCUT2D eigenvalue weighted by molar-refractivity contribution is 9.10. The summed E-state index contributed by atoms with van der Waals surface area (Å²) in [5.41, 5.74) is 0.483. The van der Waals surface area contributed by atoms with Gasteiger partial charge in [0.1, 0.15) is 5.82 Å². The van der Waals surface area contributed by atoms with Crippen LogP contribution in [-0.4, -0.2) is 16.1 Å². The Hall–Kier alpha value is -1.69. The van der Waals surface area contributed by atoms with E-state index in [-0.39, 0.29) is 5.69 Å². The van der Waals surface area contributed by atoms with Crippen molar-refractivity contribution in [2.45, 2.75) is 0 Å². The third-order valence-electron chi connectivity index (χ3n) is 1.94. The number of H-pyrrole nitrogens is 1. The Labute approximate surface area is 99.0 Å². The fourth-order valence-corrected chi connectivity index (χ4v) is 1.49. The van der Waals surface area contributed by atoms with Crippen LogP contribution in [-0.2, 0) is 0 Å². The topological polar surface area (TPSA) is 57.8 Å². The van der Waals surface area contributed by atoms with Crippen LogP contribution in [0.2, 0.25) is 0 Å². The predicted molar refractivity (Wildman–Crippen MR) is 60.6 cm³/mol. The van der Waals surface area contributed by atoms with Gasteiger partial charge in [-0.3, -0.25) is 9.89 Å². The lowest BCUT2D eigenvalue weighted by atomic mass is 10.3. The average molecular weight is 284 g/mol. The van der Waals surface area contributed by atoms with Crippen molar-refractivity contribution in [3.8, 4) is 0 Å². The van der Waals surface area contributed by atoms with E-state index in [0.29, 0.717) is 10.0 Å². The summed E-state index contributed by atoms with van der Waals surface area (Å²) in [6.07, 6.45) is 2.80. The molecule has 0 saturated heterocycles. The Morgan fingerprint density at radius 1 is 1.50 bits per heavy atom. The van der Waals surface area contributed by atoms with Crippen LogP contribution < -0.4 is 5.32 Å². The van der Waals surface area contributed by atoms with E-state index in [9.17, 15) is 9.18 Å². The van der Waals surface area contributed by atoms with Gasteiger partial charge in [0.15, 0.2) is 0 Å². The number of aromatic amines is 1. The van der Waals surface area contributed by atoms with Gasteiger partial charge in [-0.15, -0.1) is 0 Å². The van der Waals surface area contributed by atoms with Gasteiger partial charge in [-0.1, -0.05) is 15.9 Å². The van der Waals surface area contributed by atoms with Crippen molar-refractivity contribution in [1.82, 2.24) is 10.2 Å². The third kappa shape index (κ3) is 2.27. The molecule has 2 aromatic rings. The number of carbonyl (C=O) groups is 1. The molecule has 2 N–H and O–H groups in total. The van der Waals surface area contributed by atoms with Crippen LogP contribution in [0.3, 0.4) is 0 Å². The molecule has 0 unspecified atom stereocenters. The van der Waals surface area contributed by atoms with Crippen molar-refractivity contribution in [3.63, 3.8) is 0 Å². The number of rotatable bonds is 2. The van der Waals surface area contributed by atoms with E-state index in [1.165, 1.54) is 24.5 Å². The first-order valence-electron chi connectivity index (χ1n) is 4.42. The lowest BCUT2D eigenvalue weighted by molar-refractivity contribution is 0.102. The van der Waals surface area contributed by atoms with E-state index in [1.54, 1.807) is 6.07 Å². The molecule has 0 bridgehead atoms. The number of hydrogen-bond donors (Lipinski definition) is 2. The van der Waals surface area contributed by atoms with E-state index in [4.69, 9.17) is 0 Å². The molecule has 1 aromatic heterocycles. The Morgan fingerprint density at radius 3 is 2.94 bits per heavy atom. The maximum Gasteiger partial charge on any atom is 0.258 e. The highest BCUT2D eigenvalue weighted by Crippen LogP contribution is 2.19. The second kappa shape index (κ2) is 4.44. The van der Waals surface area contributed by atoms with E-state index in [1.807, 2.05) is 0 Å². The molecule has 0 aliphatic rings. The fourth-order valence-electron chi connectivity index (χ4n) is 1.16. The van der Waals surface area contributed by atoms with Crippen LogP contribution in [0.25, 0.3) is 0 Å². The molecule has 0 aliphatic carbocycles. The molecule has 0 saturated carbocycles. The standard InChI is InChI=1S/C10H7BrFN3O/c11-7-1-2-9(8(12)3-7)15-10(16)6-4-13-14-5-6/h1-5H,(H,13,14)(H,15,16). The minimum Gasteiger partial charge on any atom is -0.319 e. The quantitative estimate of drug-likeness (QED) is 0.890. The molecule has 1 heterocycles. The van der Waals surface area contributed by atoms with Crippen molar-refractivity contribution >= 4 is 27.5 Å². The molecule has 0 spiro atoms. The number of amides is 1. The molecular weight excluding hydrogens is 277 g/mol. The average Bonchev–Trinajstić information content (AvgIpc) is 2.75. The summed E-state index contributed by atoms with van der Waals surface area (Å²) >= 11 is 3.13. The summed E-state index contributed by atoms with van der Waals surface area (Å²) in [7, 11) is 0. The smallest absolute Gasteiger partial charge is 0.258 e. The van der Waals surface area contributed by atoms with Crippen molar-refractivity contribution in [3.05, 3.63) is 46.4 Å². The van der Waals surface area contributed by atoms with Gasteiger partial charge >= 0.3 is 0 Å². The Morgan fingerprint density at radius 2 is 2.31 bits per heavy atom. The monoisotopic (exact) mass is 283 g/mol. The van der Waals surface area contributed by atoms with E-state index in [0.717, 1.165) is 0 Å². The van der Waals surface area contributed by atoms with E-state index < -0.39 is 11.7 Å². The van der Waals surface area contributed by atoms with E-state index in [2.05, 4.69) is 31.4 Å². The second-order valence-corrected chi connectivity index (χ2v) is 3.98.